The van der Waals surface area contributed by atoms with Crippen LogP contribution in [0.5, 0.6) is 0 Å². The van der Waals surface area contributed by atoms with Crippen molar-refractivity contribution in [1.29, 1.82) is 0 Å². The van der Waals surface area contributed by atoms with Gasteiger partial charge >= 0.3 is 6.09 Å². The molecule has 7 heteroatoms. The van der Waals surface area contributed by atoms with Crippen LogP contribution in [-0.4, -0.2) is 28.4 Å². The van der Waals surface area contributed by atoms with Crippen molar-refractivity contribution in [2.75, 3.05) is 5.32 Å². The Kier molecular flexibility index (Phi) is 6.28. The molecule has 0 atom stereocenters. The molecule has 6 nitrogen and oxygen atoms in total. The second kappa shape index (κ2) is 8.44. The first-order valence-electron chi connectivity index (χ1n) is 8.38. The first-order chi connectivity index (χ1) is 12.7. The highest BCUT2D eigenvalue weighted by Crippen LogP contribution is 2.22. The number of hydrogen-bond acceptors (Lipinski definition) is 3. The molecule has 0 aliphatic heterocycles. The number of benzene rings is 2. The first-order valence-corrected chi connectivity index (χ1v) is 8.38. The van der Waals surface area contributed by atoms with E-state index in [4.69, 9.17) is 5.11 Å². The smallest absolute Gasteiger partial charge is 0.405 e. The largest absolute Gasteiger partial charge is 0.465 e. The van der Waals surface area contributed by atoms with E-state index < -0.39 is 29.1 Å². The zero-order valence-electron chi connectivity index (χ0n) is 15.1. The molecule has 2 rings (SSSR count). The minimum absolute atomic E-state index is 0.0314. The van der Waals surface area contributed by atoms with Crippen LogP contribution in [0.4, 0.5) is 14.9 Å². The van der Waals surface area contributed by atoms with Crippen molar-refractivity contribution in [3.63, 3.8) is 0 Å². The number of hydrogen-bond donors (Lipinski definition) is 3. The van der Waals surface area contributed by atoms with Crippen LogP contribution in [0.1, 0.15) is 42.6 Å². The molecular formula is C20H21FN2O4. The first kappa shape index (κ1) is 20.1. The number of amides is 2. The molecule has 2 aromatic rings. The van der Waals surface area contributed by atoms with Gasteiger partial charge < -0.3 is 15.7 Å². The van der Waals surface area contributed by atoms with Crippen LogP contribution in [0.25, 0.3) is 0 Å². The van der Waals surface area contributed by atoms with Crippen LogP contribution in [0.15, 0.2) is 48.5 Å². The maximum atomic E-state index is 13.7. The Bertz CT molecular complexity index is 850. The van der Waals surface area contributed by atoms with Crippen LogP contribution in [-0.2, 0) is 4.79 Å². The van der Waals surface area contributed by atoms with Crippen molar-refractivity contribution in [3.05, 3.63) is 65.5 Å². The number of carboxylic acid groups (broad SMARTS) is 1. The summed E-state index contributed by atoms with van der Waals surface area (Å²) in [4.78, 5) is 35.6. The van der Waals surface area contributed by atoms with Crippen LogP contribution in [0, 0.1) is 5.82 Å². The highest BCUT2D eigenvalue weighted by molar-refractivity contribution is 6.13. The van der Waals surface area contributed by atoms with Crippen LogP contribution >= 0.6 is 0 Å². The Hall–Kier alpha value is -3.22. The molecular weight excluding hydrogens is 351 g/mol. The zero-order valence-corrected chi connectivity index (χ0v) is 15.1. The number of nitrogens with one attached hydrogen (secondary N) is 2. The Labute approximate surface area is 156 Å². The molecule has 142 valence electrons. The predicted octanol–water partition coefficient (Wildman–Crippen LogP) is 3.82. The van der Waals surface area contributed by atoms with Gasteiger partial charge in [-0.15, -0.1) is 0 Å². The SMILES string of the molecule is CC(C)(CCC(=O)Nc1ccc(F)cc1C(=O)c1ccccc1)NC(=O)O. The monoisotopic (exact) mass is 372 g/mol. The minimum Gasteiger partial charge on any atom is -0.465 e. The van der Waals surface area contributed by atoms with Gasteiger partial charge in [-0.1, -0.05) is 30.3 Å². The summed E-state index contributed by atoms with van der Waals surface area (Å²) in [5, 5.41) is 13.7. The van der Waals surface area contributed by atoms with Gasteiger partial charge in [-0.3, -0.25) is 9.59 Å². The Morgan fingerprint density at radius 1 is 1.07 bits per heavy atom. The molecule has 0 bridgehead atoms. The lowest BCUT2D eigenvalue weighted by Gasteiger charge is -2.24. The lowest BCUT2D eigenvalue weighted by atomic mass is 9.98. The van der Waals surface area contributed by atoms with E-state index in [1.54, 1.807) is 44.2 Å². The van der Waals surface area contributed by atoms with Crippen LogP contribution < -0.4 is 10.6 Å². The molecule has 2 aromatic carbocycles. The summed E-state index contributed by atoms with van der Waals surface area (Å²) in [5.74, 6) is -1.39. The van der Waals surface area contributed by atoms with E-state index in [0.717, 1.165) is 12.1 Å². The fourth-order valence-electron chi connectivity index (χ4n) is 2.55. The number of rotatable bonds is 7. The average molecular weight is 372 g/mol. The molecule has 0 spiro atoms. The van der Waals surface area contributed by atoms with Gasteiger partial charge in [0.15, 0.2) is 5.78 Å². The molecule has 2 amide bonds. The molecule has 3 N–H and O–H groups in total. The fourth-order valence-corrected chi connectivity index (χ4v) is 2.55. The highest BCUT2D eigenvalue weighted by Gasteiger charge is 2.22. The van der Waals surface area contributed by atoms with Crippen molar-refractivity contribution in [2.45, 2.75) is 32.2 Å². The number of halogens is 1. The molecule has 0 heterocycles. The molecule has 0 fully saturated rings. The molecule has 0 saturated carbocycles. The normalized spacial score (nSPS) is 10.9. The van der Waals surface area contributed by atoms with Crippen molar-refractivity contribution < 1.29 is 23.9 Å². The molecule has 27 heavy (non-hydrogen) atoms. The van der Waals surface area contributed by atoms with Gasteiger partial charge in [0.05, 0.1) is 5.69 Å². The molecule has 0 unspecified atom stereocenters. The van der Waals surface area contributed by atoms with E-state index in [1.165, 1.54) is 6.07 Å². The maximum Gasteiger partial charge on any atom is 0.405 e. The lowest BCUT2D eigenvalue weighted by Crippen LogP contribution is -2.43. The van der Waals surface area contributed by atoms with Gasteiger partial charge in [-0.05, 0) is 38.5 Å². The average Bonchev–Trinajstić information content (AvgIpc) is 2.61. The summed E-state index contributed by atoms with van der Waals surface area (Å²) < 4.78 is 13.7. The third-order valence-electron chi connectivity index (χ3n) is 3.96. The third kappa shape index (κ3) is 5.91. The van der Waals surface area contributed by atoms with Crippen molar-refractivity contribution >= 4 is 23.5 Å². The van der Waals surface area contributed by atoms with Crippen LogP contribution in [0.3, 0.4) is 0 Å². The quantitative estimate of drug-likeness (QED) is 0.644. The summed E-state index contributed by atoms with van der Waals surface area (Å²) in [6, 6.07) is 12.0. The maximum absolute atomic E-state index is 13.7. The highest BCUT2D eigenvalue weighted by atomic mass is 19.1. The molecule has 0 aliphatic rings. The van der Waals surface area contributed by atoms with Crippen molar-refractivity contribution in [1.82, 2.24) is 5.32 Å². The van der Waals surface area contributed by atoms with E-state index in [1.807, 2.05) is 0 Å². The molecule has 0 saturated heterocycles. The summed E-state index contributed by atoms with van der Waals surface area (Å²) >= 11 is 0. The third-order valence-corrected chi connectivity index (χ3v) is 3.96. The van der Waals surface area contributed by atoms with Gasteiger partial charge in [0, 0.05) is 23.1 Å². The molecule has 0 radical (unpaired) electrons. The van der Waals surface area contributed by atoms with Crippen molar-refractivity contribution in [3.8, 4) is 0 Å². The number of ketones is 1. The molecule has 0 aromatic heterocycles. The Morgan fingerprint density at radius 3 is 2.37 bits per heavy atom. The van der Waals surface area contributed by atoms with Gasteiger partial charge in [0.2, 0.25) is 5.91 Å². The van der Waals surface area contributed by atoms with E-state index >= 15 is 0 Å². The predicted molar refractivity (Wildman–Crippen MR) is 99.4 cm³/mol. The molecule has 0 aliphatic carbocycles. The summed E-state index contributed by atoms with van der Waals surface area (Å²) in [7, 11) is 0. The second-order valence-corrected chi connectivity index (χ2v) is 6.75. The fraction of sp³-hybridized carbons (Fsp3) is 0.250. The van der Waals surface area contributed by atoms with Crippen LogP contribution in [0.2, 0.25) is 0 Å². The second-order valence-electron chi connectivity index (χ2n) is 6.75. The van der Waals surface area contributed by atoms with E-state index in [2.05, 4.69) is 10.6 Å². The number of carbonyl (C=O) groups is 3. The minimum atomic E-state index is -1.17. The van der Waals surface area contributed by atoms with E-state index in [9.17, 15) is 18.8 Å². The zero-order chi connectivity index (χ0) is 20.0. The Balaban J connectivity index is 2.13. The Morgan fingerprint density at radius 2 is 1.74 bits per heavy atom. The summed E-state index contributed by atoms with van der Waals surface area (Å²) in [5.41, 5.74) is -0.142. The van der Waals surface area contributed by atoms with Gasteiger partial charge in [0.1, 0.15) is 5.82 Å². The number of carbonyl (C=O) groups excluding carboxylic acids is 2. The van der Waals surface area contributed by atoms with Gasteiger partial charge in [0.25, 0.3) is 0 Å². The van der Waals surface area contributed by atoms with E-state index in [0.29, 0.717) is 5.56 Å². The summed E-state index contributed by atoms with van der Waals surface area (Å²) in [6.07, 6.45) is -0.882. The van der Waals surface area contributed by atoms with Crippen molar-refractivity contribution in [2.24, 2.45) is 0 Å². The number of anilines is 1. The standard InChI is InChI=1S/C20H21FN2O4/c1-20(2,23-19(26)27)11-10-17(24)22-16-9-8-14(21)12-15(16)18(25)13-6-4-3-5-7-13/h3-9,12,23H,10-11H2,1-2H3,(H,22,24)(H,26,27). The van der Waals surface area contributed by atoms with Gasteiger partial charge in [-0.2, -0.15) is 0 Å². The summed E-state index contributed by atoms with van der Waals surface area (Å²) in [6.45, 7) is 3.33. The van der Waals surface area contributed by atoms with Gasteiger partial charge in [-0.25, -0.2) is 9.18 Å². The van der Waals surface area contributed by atoms with E-state index in [-0.39, 0.29) is 24.1 Å². The topological polar surface area (TPSA) is 95.5 Å². The lowest BCUT2D eigenvalue weighted by molar-refractivity contribution is -0.116.